The molecule has 158 valence electrons. The SMILES string of the molecule is CCOc1ccc(C(=O)Nc2cc(OC)ccc2OC)cc1S(=O)(=O)NC(C)C. The van der Waals surface area contributed by atoms with Gasteiger partial charge in [-0.3, -0.25) is 4.79 Å². The summed E-state index contributed by atoms with van der Waals surface area (Å²) in [7, 11) is -0.869. The number of carbonyl (C=O) groups is 1. The van der Waals surface area contributed by atoms with Gasteiger partial charge in [0.05, 0.1) is 26.5 Å². The fourth-order valence-corrected chi connectivity index (χ4v) is 4.04. The van der Waals surface area contributed by atoms with Gasteiger partial charge in [0.1, 0.15) is 22.1 Å². The van der Waals surface area contributed by atoms with Crippen molar-refractivity contribution in [1.82, 2.24) is 4.72 Å². The number of amides is 1. The molecule has 0 radical (unpaired) electrons. The van der Waals surface area contributed by atoms with E-state index < -0.39 is 15.9 Å². The average molecular weight is 423 g/mol. The van der Waals surface area contributed by atoms with Crippen LogP contribution in [0.15, 0.2) is 41.3 Å². The molecule has 9 heteroatoms. The zero-order chi connectivity index (χ0) is 21.6. The lowest BCUT2D eigenvalue weighted by Crippen LogP contribution is -2.30. The molecule has 0 heterocycles. The predicted octanol–water partition coefficient (Wildman–Crippen LogP) is 3.04. The van der Waals surface area contributed by atoms with E-state index in [0.29, 0.717) is 17.2 Å². The van der Waals surface area contributed by atoms with Crippen molar-refractivity contribution >= 4 is 21.6 Å². The van der Waals surface area contributed by atoms with Crippen LogP contribution in [0.4, 0.5) is 5.69 Å². The van der Waals surface area contributed by atoms with Crippen LogP contribution in [0.2, 0.25) is 0 Å². The second-order valence-electron chi connectivity index (χ2n) is 6.39. The number of rotatable bonds is 9. The summed E-state index contributed by atoms with van der Waals surface area (Å²) in [6.45, 7) is 5.46. The number of methoxy groups -OCH3 is 2. The van der Waals surface area contributed by atoms with E-state index in [0.717, 1.165) is 0 Å². The summed E-state index contributed by atoms with van der Waals surface area (Å²) in [4.78, 5) is 12.7. The molecule has 0 saturated heterocycles. The van der Waals surface area contributed by atoms with Gasteiger partial charge in [-0.1, -0.05) is 0 Å². The summed E-state index contributed by atoms with van der Waals surface area (Å²) in [6, 6.07) is 8.93. The molecule has 8 nitrogen and oxygen atoms in total. The van der Waals surface area contributed by atoms with Gasteiger partial charge in [-0.2, -0.15) is 0 Å². The largest absolute Gasteiger partial charge is 0.497 e. The number of ether oxygens (including phenoxy) is 3. The molecular formula is C20H26N2O6S. The number of carbonyl (C=O) groups excluding carboxylic acids is 1. The third-order valence-electron chi connectivity index (χ3n) is 3.84. The molecular weight excluding hydrogens is 396 g/mol. The van der Waals surface area contributed by atoms with E-state index in [-0.39, 0.29) is 28.9 Å². The van der Waals surface area contributed by atoms with Gasteiger partial charge < -0.3 is 19.5 Å². The van der Waals surface area contributed by atoms with Gasteiger partial charge in [-0.15, -0.1) is 0 Å². The molecule has 2 rings (SSSR count). The Labute approximate surface area is 171 Å². The van der Waals surface area contributed by atoms with Crippen molar-refractivity contribution in [3.8, 4) is 17.2 Å². The molecule has 2 N–H and O–H groups in total. The van der Waals surface area contributed by atoms with E-state index >= 15 is 0 Å². The Hall–Kier alpha value is -2.78. The van der Waals surface area contributed by atoms with Gasteiger partial charge in [0.2, 0.25) is 10.0 Å². The first-order valence-corrected chi connectivity index (χ1v) is 10.5. The van der Waals surface area contributed by atoms with E-state index in [4.69, 9.17) is 14.2 Å². The first-order chi connectivity index (χ1) is 13.7. The lowest BCUT2D eigenvalue weighted by molar-refractivity contribution is 0.102. The second kappa shape index (κ2) is 9.62. The van der Waals surface area contributed by atoms with Crippen LogP contribution in [0.25, 0.3) is 0 Å². The van der Waals surface area contributed by atoms with E-state index in [1.165, 1.54) is 32.4 Å². The zero-order valence-corrected chi connectivity index (χ0v) is 17.9. The lowest BCUT2D eigenvalue weighted by Gasteiger charge is -2.15. The van der Waals surface area contributed by atoms with Crippen LogP contribution >= 0.6 is 0 Å². The summed E-state index contributed by atoms with van der Waals surface area (Å²) in [5, 5.41) is 2.72. The van der Waals surface area contributed by atoms with Crippen molar-refractivity contribution in [1.29, 1.82) is 0 Å². The summed E-state index contributed by atoms with van der Waals surface area (Å²) < 4.78 is 43.8. The Kier molecular flexibility index (Phi) is 7.46. The monoisotopic (exact) mass is 422 g/mol. The third kappa shape index (κ3) is 5.61. The molecule has 0 bridgehead atoms. The quantitative estimate of drug-likeness (QED) is 0.644. The number of anilines is 1. The van der Waals surface area contributed by atoms with Crippen LogP contribution < -0.4 is 24.2 Å². The lowest BCUT2D eigenvalue weighted by atomic mass is 10.2. The third-order valence-corrected chi connectivity index (χ3v) is 5.52. The first kappa shape index (κ1) is 22.5. The van der Waals surface area contributed by atoms with Gasteiger partial charge in [-0.05, 0) is 51.1 Å². The van der Waals surface area contributed by atoms with Crippen LogP contribution in [0, 0.1) is 0 Å². The van der Waals surface area contributed by atoms with Crippen LogP contribution in [0.3, 0.4) is 0 Å². The summed E-state index contributed by atoms with van der Waals surface area (Å²) in [5.41, 5.74) is 0.554. The maximum absolute atomic E-state index is 12.8. The summed E-state index contributed by atoms with van der Waals surface area (Å²) >= 11 is 0. The van der Waals surface area contributed by atoms with Gasteiger partial charge in [0.25, 0.3) is 5.91 Å². The smallest absolute Gasteiger partial charge is 0.255 e. The average Bonchev–Trinajstić information content (AvgIpc) is 2.67. The Morgan fingerprint density at radius 1 is 1.03 bits per heavy atom. The summed E-state index contributed by atoms with van der Waals surface area (Å²) in [6.07, 6.45) is 0. The Morgan fingerprint density at radius 2 is 1.72 bits per heavy atom. The van der Waals surface area contributed by atoms with Crippen LogP contribution in [-0.4, -0.2) is 41.2 Å². The molecule has 0 atom stereocenters. The van der Waals surface area contributed by atoms with Crippen molar-refractivity contribution in [3.63, 3.8) is 0 Å². The molecule has 0 aromatic heterocycles. The number of nitrogens with one attached hydrogen (secondary N) is 2. The van der Waals surface area contributed by atoms with E-state index in [2.05, 4.69) is 10.0 Å². The van der Waals surface area contributed by atoms with Crippen LogP contribution in [0.5, 0.6) is 17.2 Å². The fraction of sp³-hybridized carbons (Fsp3) is 0.350. The van der Waals surface area contributed by atoms with Crippen LogP contribution in [0.1, 0.15) is 31.1 Å². The van der Waals surface area contributed by atoms with Crippen molar-refractivity contribution in [2.45, 2.75) is 31.7 Å². The molecule has 0 saturated carbocycles. The predicted molar refractivity (Wildman–Crippen MR) is 111 cm³/mol. The number of hydrogen-bond acceptors (Lipinski definition) is 6. The topological polar surface area (TPSA) is 103 Å². The molecule has 1 amide bonds. The molecule has 0 aliphatic carbocycles. The first-order valence-electron chi connectivity index (χ1n) is 9.04. The number of benzene rings is 2. The van der Waals surface area contributed by atoms with Gasteiger partial charge in [0.15, 0.2) is 0 Å². The Balaban J connectivity index is 2.42. The van der Waals surface area contributed by atoms with Gasteiger partial charge in [-0.25, -0.2) is 13.1 Å². The minimum atomic E-state index is -3.86. The molecule has 2 aromatic rings. The summed E-state index contributed by atoms with van der Waals surface area (Å²) in [5.74, 6) is 0.661. The van der Waals surface area contributed by atoms with Crippen molar-refractivity contribution in [2.75, 3.05) is 26.1 Å². The molecule has 0 spiro atoms. The minimum absolute atomic E-state index is 0.0988. The molecule has 0 aliphatic rings. The molecule has 0 aliphatic heterocycles. The van der Waals surface area contributed by atoms with E-state index in [1.807, 2.05) is 0 Å². The minimum Gasteiger partial charge on any atom is -0.497 e. The standard InChI is InChI=1S/C20H26N2O6S/c1-6-28-18-9-7-14(11-19(18)29(24,25)22-13(2)3)20(23)21-16-12-15(26-4)8-10-17(16)27-5/h7-13,22H,6H2,1-5H3,(H,21,23). The number of sulfonamides is 1. The molecule has 0 fully saturated rings. The van der Waals surface area contributed by atoms with Crippen LogP contribution in [-0.2, 0) is 10.0 Å². The highest BCUT2D eigenvalue weighted by Crippen LogP contribution is 2.30. The molecule has 0 unspecified atom stereocenters. The van der Waals surface area contributed by atoms with Crippen molar-refractivity contribution in [2.24, 2.45) is 0 Å². The Morgan fingerprint density at radius 3 is 2.31 bits per heavy atom. The highest BCUT2D eigenvalue weighted by molar-refractivity contribution is 7.89. The normalized spacial score (nSPS) is 11.2. The second-order valence-corrected chi connectivity index (χ2v) is 8.07. The molecule has 29 heavy (non-hydrogen) atoms. The fourth-order valence-electron chi connectivity index (χ4n) is 2.61. The molecule has 2 aromatic carbocycles. The zero-order valence-electron chi connectivity index (χ0n) is 17.1. The van der Waals surface area contributed by atoms with Gasteiger partial charge in [0, 0.05) is 17.7 Å². The van der Waals surface area contributed by atoms with Crippen molar-refractivity contribution < 1.29 is 27.4 Å². The maximum Gasteiger partial charge on any atom is 0.255 e. The highest BCUT2D eigenvalue weighted by Gasteiger charge is 2.23. The number of hydrogen-bond donors (Lipinski definition) is 2. The Bertz CT molecular complexity index is 973. The maximum atomic E-state index is 12.8. The highest BCUT2D eigenvalue weighted by atomic mass is 32.2. The van der Waals surface area contributed by atoms with Crippen molar-refractivity contribution in [3.05, 3.63) is 42.0 Å². The van der Waals surface area contributed by atoms with Gasteiger partial charge >= 0.3 is 0 Å². The van der Waals surface area contributed by atoms with E-state index in [1.54, 1.807) is 39.0 Å². The van der Waals surface area contributed by atoms with E-state index in [9.17, 15) is 13.2 Å².